The molecule has 1 aromatic heterocycles. The van der Waals surface area contributed by atoms with Crippen LogP contribution in [0.2, 0.25) is 0 Å². The molecule has 25 heavy (non-hydrogen) atoms. The minimum absolute atomic E-state index is 0.150. The van der Waals surface area contributed by atoms with E-state index in [-0.39, 0.29) is 12.3 Å². The zero-order valence-corrected chi connectivity index (χ0v) is 15.3. The number of carboxylic acid groups (broad SMARTS) is 1. The summed E-state index contributed by atoms with van der Waals surface area (Å²) in [6.07, 6.45) is 1.74. The van der Waals surface area contributed by atoms with E-state index >= 15 is 0 Å². The average molecular weight is 361 g/mol. The van der Waals surface area contributed by atoms with Crippen LogP contribution in [0.1, 0.15) is 36.6 Å². The number of ether oxygens (including phenoxy) is 1. The fraction of sp³-hybridized carbons (Fsp3) is 0.368. The average Bonchev–Trinajstić information content (AvgIpc) is 3.07. The number of benzene rings is 1. The van der Waals surface area contributed by atoms with Gasteiger partial charge in [-0.1, -0.05) is 18.2 Å². The molecule has 1 heterocycles. The van der Waals surface area contributed by atoms with E-state index < -0.39 is 11.5 Å². The van der Waals surface area contributed by atoms with Crippen LogP contribution >= 0.6 is 11.3 Å². The van der Waals surface area contributed by atoms with Crippen molar-refractivity contribution in [2.75, 3.05) is 7.11 Å². The monoisotopic (exact) mass is 361 g/mol. The molecule has 0 saturated heterocycles. The molecule has 1 unspecified atom stereocenters. The highest BCUT2D eigenvalue weighted by Gasteiger charge is 2.31. The predicted octanol–water partition coefficient (Wildman–Crippen LogP) is 3.59. The van der Waals surface area contributed by atoms with E-state index in [0.717, 1.165) is 12.8 Å². The molecule has 0 saturated carbocycles. The summed E-state index contributed by atoms with van der Waals surface area (Å²) in [6, 6.07) is 11.2. The van der Waals surface area contributed by atoms with Gasteiger partial charge in [0.1, 0.15) is 5.75 Å². The van der Waals surface area contributed by atoms with Crippen molar-refractivity contribution in [1.82, 2.24) is 5.32 Å². The van der Waals surface area contributed by atoms with Gasteiger partial charge < -0.3 is 15.2 Å². The Kier molecular flexibility index (Phi) is 6.58. The third-order valence-electron chi connectivity index (χ3n) is 4.03. The van der Waals surface area contributed by atoms with E-state index in [0.29, 0.717) is 17.7 Å². The van der Waals surface area contributed by atoms with E-state index in [4.69, 9.17) is 4.74 Å². The first-order chi connectivity index (χ1) is 11.9. The summed E-state index contributed by atoms with van der Waals surface area (Å²) >= 11 is 1.67. The van der Waals surface area contributed by atoms with Crippen molar-refractivity contribution in [2.24, 2.45) is 0 Å². The molecule has 0 bridgehead atoms. The summed E-state index contributed by atoms with van der Waals surface area (Å²) in [4.78, 5) is 24.9. The predicted molar refractivity (Wildman–Crippen MR) is 98.0 cm³/mol. The number of aliphatic carboxylic acids is 1. The number of nitrogens with one attached hydrogen (secondary N) is 1. The van der Waals surface area contributed by atoms with E-state index in [1.54, 1.807) is 49.6 Å². The summed E-state index contributed by atoms with van der Waals surface area (Å²) in [6.45, 7) is 1.73. The van der Waals surface area contributed by atoms with Gasteiger partial charge in [-0.3, -0.25) is 9.59 Å². The Morgan fingerprint density at radius 3 is 2.72 bits per heavy atom. The first-order valence-electron chi connectivity index (χ1n) is 8.12. The summed E-state index contributed by atoms with van der Waals surface area (Å²) in [7, 11) is 1.55. The number of rotatable bonds is 9. The fourth-order valence-electron chi connectivity index (χ4n) is 2.74. The molecule has 134 valence electrons. The maximum Gasteiger partial charge on any atom is 0.306 e. The molecule has 2 rings (SSSR count). The lowest BCUT2D eigenvalue weighted by molar-refractivity contribution is -0.139. The Morgan fingerprint density at radius 1 is 1.28 bits per heavy atom. The van der Waals surface area contributed by atoms with Crippen molar-refractivity contribution in [3.63, 3.8) is 0 Å². The number of hydrogen-bond donors (Lipinski definition) is 2. The molecule has 0 aliphatic heterocycles. The standard InChI is InChI=1S/C19H23NO4S/c1-19(13-18(22)23,14-6-3-7-15(12-14)24-2)20-17(21)10-4-8-16-9-5-11-25-16/h3,5-7,9,11-12H,4,8,10,13H2,1-2H3,(H,20,21)(H,22,23). The summed E-state index contributed by atoms with van der Waals surface area (Å²) in [5.74, 6) is -0.492. The van der Waals surface area contributed by atoms with Gasteiger partial charge in [0.05, 0.1) is 19.1 Å². The van der Waals surface area contributed by atoms with Crippen molar-refractivity contribution < 1.29 is 19.4 Å². The molecule has 1 atom stereocenters. The summed E-state index contributed by atoms with van der Waals surface area (Å²) in [5, 5.41) is 14.2. The van der Waals surface area contributed by atoms with E-state index in [2.05, 4.69) is 5.32 Å². The normalized spacial score (nSPS) is 13.0. The summed E-state index contributed by atoms with van der Waals surface area (Å²) < 4.78 is 5.21. The molecule has 0 aliphatic carbocycles. The number of amides is 1. The minimum Gasteiger partial charge on any atom is -0.497 e. The molecule has 0 radical (unpaired) electrons. The van der Waals surface area contributed by atoms with Gasteiger partial charge in [0, 0.05) is 11.3 Å². The maximum atomic E-state index is 12.4. The molecular formula is C19H23NO4S. The van der Waals surface area contributed by atoms with E-state index in [1.807, 2.05) is 17.5 Å². The SMILES string of the molecule is COc1cccc(C(C)(CC(=O)O)NC(=O)CCCc2cccs2)c1. The Morgan fingerprint density at radius 2 is 2.08 bits per heavy atom. The van der Waals surface area contributed by atoms with Gasteiger partial charge in [-0.15, -0.1) is 11.3 Å². The van der Waals surface area contributed by atoms with Gasteiger partial charge >= 0.3 is 5.97 Å². The smallest absolute Gasteiger partial charge is 0.306 e. The number of hydrogen-bond acceptors (Lipinski definition) is 4. The number of carbonyl (C=O) groups is 2. The van der Waals surface area contributed by atoms with Crippen LogP contribution in [0.3, 0.4) is 0 Å². The van der Waals surface area contributed by atoms with Crippen LogP contribution in [0.15, 0.2) is 41.8 Å². The molecule has 2 N–H and O–H groups in total. The highest BCUT2D eigenvalue weighted by Crippen LogP contribution is 2.28. The third-order valence-corrected chi connectivity index (χ3v) is 4.97. The summed E-state index contributed by atoms with van der Waals surface area (Å²) in [5.41, 5.74) is -0.277. The van der Waals surface area contributed by atoms with Crippen LogP contribution in [-0.2, 0) is 21.5 Å². The van der Waals surface area contributed by atoms with Crippen molar-refractivity contribution in [3.8, 4) is 5.75 Å². The number of carbonyl (C=O) groups excluding carboxylic acids is 1. The third kappa shape index (κ3) is 5.60. The Labute approximate surface area is 151 Å². The second-order valence-electron chi connectivity index (χ2n) is 6.12. The Balaban J connectivity index is 2.05. The molecular weight excluding hydrogens is 338 g/mol. The van der Waals surface area contributed by atoms with Crippen LogP contribution in [0, 0.1) is 0 Å². The fourth-order valence-corrected chi connectivity index (χ4v) is 3.49. The van der Waals surface area contributed by atoms with Gasteiger partial charge in [0.15, 0.2) is 0 Å². The highest BCUT2D eigenvalue weighted by atomic mass is 32.1. The number of methoxy groups -OCH3 is 1. The second-order valence-corrected chi connectivity index (χ2v) is 7.15. The first-order valence-corrected chi connectivity index (χ1v) is 9.00. The molecule has 0 spiro atoms. The van der Waals surface area contributed by atoms with Crippen molar-refractivity contribution in [1.29, 1.82) is 0 Å². The zero-order chi connectivity index (χ0) is 18.3. The number of aryl methyl sites for hydroxylation is 1. The Bertz CT molecular complexity index is 714. The topological polar surface area (TPSA) is 75.6 Å². The van der Waals surface area contributed by atoms with Gasteiger partial charge in [-0.05, 0) is 48.9 Å². The molecule has 0 fully saturated rings. The molecule has 2 aromatic rings. The lowest BCUT2D eigenvalue weighted by atomic mass is 9.88. The number of carboxylic acids is 1. The van der Waals surface area contributed by atoms with Gasteiger partial charge in [0.2, 0.25) is 5.91 Å². The van der Waals surface area contributed by atoms with Crippen molar-refractivity contribution in [2.45, 2.75) is 38.1 Å². The maximum absolute atomic E-state index is 12.4. The van der Waals surface area contributed by atoms with Gasteiger partial charge in [-0.2, -0.15) is 0 Å². The van der Waals surface area contributed by atoms with E-state index in [1.165, 1.54) is 4.88 Å². The Hall–Kier alpha value is -2.34. The van der Waals surface area contributed by atoms with Gasteiger partial charge in [0.25, 0.3) is 0 Å². The molecule has 6 heteroatoms. The lowest BCUT2D eigenvalue weighted by Gasteiger charge is -2.30. The molecule has 0 aliphatic rings. The largest absolute Gasteiger partial charge is 0.497 e. The quantitative estimate of drug-likeness (QED) is 0.716. The van der Waals surface area contributed by atoms with E-state index in [9.17, 15) is 14.7 Å². The van der Waals surface area contributed by atoms with Gasteiger partial charge in [-0.25, -0.2) is 0 Å². The first kappa shape index (κ1) is 19.0. The number of thiophene rings is 1. The second kappa shape index (κ2) is 8.67. The van der Waals surface area contributed by atoms with Crippen LogP contribution in [-0.4, -0.2) is 24.1 Å². The van der Waals surface area contributed by atoms with Crippen molar-refractivity contribution in [3.05, 3.63) is 52.2 Å². The minimum atomic E-state index is -0.986. The lowest BCUT2D eigenvalue weighted by Crippen LogP contribution is -2.45. The van der Waals surface area contributed by atoms with Crippen molar-refractivity contribution >= 4 is 23.2 Å². The molecule has 1 aromatic carbocycles. The van der Waals surface area contributed by atoms with Crippen LogP contribution in [0.25, 0.3) is 0 Å². The zero-order valence-electron chi connectivity index (χ0n) is 14.5. The van der Waals surface area contributed by atoms with Crippen LogP contribution in [0.5, 0.6) is 5.75 Å². The molecule has 1 amide bonds. The van der Waals surface area contributed by atoms with Crippen LogP contribution < -0.4 is 10.1 Å². The highest BCUT2D eigenvalue weighted by molar-refractivity contribution is 7.09. The molecule has 5 nitrogen and oxygen atoms in total. The van der Waals surface area contributed by atoms with Crippen LogP contribution in [0.4, 0.5) is 0 Å².